The van der Waals surface area contributed by atoms with Crippen LogP contribution in [0.5, 0.6) is 0 Å². The van der Waals surface area contributed by atoms with Crippen molar-refractivity contribution in [1.29, 1.82) is 0 Å². The minimum atomic E-state index is 0.588. The third-order valence-corrected chi connectivity index (χ3v) is 6.73. The number of aromatic nitrogens is 2. The van der Waals surface area contributed by atoms with Crippen LogP contribution in [0.4, 0.5) is 5.82 Å². The predicted octanol–water partition coefficient (Wildman–Crippen LogP) is 5.11. The molecular weight excluding hydrogens is 394 g/mol. The smallest absolute Gasteiger partial charge is 0.135 e. The fourth-order valence-electron chi connectivity index (χ4n) is 4.34. The van der Waals surface area contributed by atoms with Crippen molar-refractivity contribution in [3.05, 3.63) is 53.0 Å². The van der Waals surface area contributed by atoms with E-state index < -0.39 is 0 Å². The second-order valence-corrected chi connectivity index (χ2v) is 9.40. The van der Waals surface area contributed by atoms with E-state index in [1.807, 2.05) is 0 Å². The molecule has 0 aliphatic carbocycles. The fraction of sp³-hybridized carbons (Fsp3) is 0.630. The lowest BCUT2D eigenvalue weighted by molar-refractivity contribution is 0.240. The summed E-state index contributed by atoms with van der Waals surface area (Å²) >= 11 is 0. The molecule has 1 fully saturated rings. The zero-order chi connectivity index (χ0) is 22.9. The van der Waals surface area contributed by atoms with Crippen molar-refractivity contribution >= 4 is 5.82 Å². The Morgan fingerprint density at radius 3 is 2.12 bits per heavy atom. The van der Waals surface area contributed by atoms with Gasteiger partial charge in [0.25, 0.3) is 0 Å². The maximum absolute atomic E-state index is 4.68. The highest BCUT2D eigenvalue weighted by molar-refractivity contribution is 5.50. The van der Waals surface area contributed by atoms with Gasteiger partial charge in [-0.05, 0) is 30.0 Å². The molecule has 0 radical (unpaired) electrons. The van der Waals surface area contributed by atoms with E-state index in [0.717, 1.165) is 58.8 Å². The van der Waals surface area contributed by atoms with Crippen molar-refractivity contribution in [3.63, 3.8) is 0 Å². The molecule has 0 saturated carbocycles. The number of rotatable bonds is 6. The van der Waals surface area contributed by atoms with Gasteiger partial charge in [-0.1, -0.05) is 71.7 Å². The number of fused-ring (bicyclic) bond motifs is 1. The Labute approximate surface area is 195 Å². The topological polar surface area (TPSA) is 35.5 Å². The van der Waals surface area contributed by atoms with Crippen LogP contribution < -0.4 is 4.90 Å². The highest BCUT2D eigenvalue weighted by Crippen LogP contribution is 2.27. The molecule has 0 atom stereocenters. The summed E-state index contributed by atoms with van der Waals surface area (Å²) in [7, 11) is 0. The van der Waals surface area contributed by atoms with Crippen LogP contribution >= 0.6 is 0 Å². The normalized spacial score (nSPS) is 17.1. The van der Waals surface area contributed by atoms with Crippen LogP contribution in [0.3, 0.4) is 0 Å². The third kappa shape index (κ3) is 6.52. The molecule has 1 aromatic carbocycles. The molecule has 0 spiro atoms. The summed E-state index contributed by atoms with van der Waals surface area (Å²) in [6.07, 6.45) is 5.45. The highest BCUT2D eigenvalue weighted by atomic mass is 15.3. The number of benzene rings is 1. The van der Waals surface area contributed by atoms with Crippen LogP contribution in [0.15, 0.2) is 30.6 Å². The van der Waals surface area contributed by atoms with E-state index in [1.54, 1.807) is 6.33 Å². The lowest BCUT2D eigenvalue weighted by atomic mass is 10.0. The Morgan fingerprint density at radius 2 is 1.53 bits per heavy atom. The second kappa shape index (κ2) is 12.3. The minimum Gasteiger partial charge on any atom is -0.354 e. The molecule has 1 aromatic heterocycles. The van der Waals surface area contributed by atoms with Gasteiger partial charge in [-0.2, -0.15) is 0 Å². The van der Waals surface area contributed by atoms with Crippen molar-refractivity contribution in [2.75, 3.05) is 44.2 Å². The Balaban J connectivity index is 0.000000668. The van der Waals surface area contributed by atoms with Gasteiger partial charge in [-0.3, -0.25) is 4.90 Å². The van der Waals surface area contributed by atoms with Crippen LogP contribution in [0.2, 0.25) is 0 Å². The highest BCUT2D eigenvalue weighted by Gasteiger charge is 2.25. The maximum Gasteiger partial charge on any atom is 0.135 e. The van der Waals surface area contributed by atoms with Crippen molar-refractivity contribution in [2.24, 2.45) is 0 Å². The first-order chi connectivity index (χ1) is 15.5. The van der Waals surface area contributed by atoms with Gasteiger partial charge in [0.15, 0.2) is 0 Å². The molecule has 5 nitrogen and oxygen atoms in total. The molecule has 2 aromatic rings. The zero-order valence-electron chi connectivity index (χ0n) is 21.0. The van der Waals surface area contributed by atoms with Gasteiger partial charge in [-0.25, -0.2) is 9.97 Å². The first kappa shape index (κ1) is 24.7. The van der Waals surface area contributed by atoms with Crippen LogP contribution in [0, 0.1) is 0 Å². The number of hydrogen-bond donors (Lipinski definition) is 0. The van der Waals surface area contributed by atoms with E-state index >= 15 is 0 Å². The molecule has 0 amide bonds. The summed E-state index contributed by atoms with van der Waals surface area (Å²) in [6.45, 7) is 19.6. The number of anilines is 1. The van der Waals surface area contributed by atoms with Crippen LogP contribution in [-0.4, -0.2) is 59.0 Å². The van der Waals surface area contributed by atoms with E-state index in [4.69, 9.17) is 0 Å². The summed E-state index contributed by atoms with van der Waals surface area (Å²) in [6, 6.07) is 9.11. The van der Waals surface area contributed by atoms with Gasteiger partial charge in [0.05, 0.1) is 5.69 Å². The van der Waals surface area contributed by atoms with Crippen LogP contribution in [0.1, 0.15) is 75.8 Å². The van der Waals surface area contributed by atoms with Gasteiger partial charge in [0.1, 0.15) is 12.1 Å². The van der Waals surface area contributed by atoms with Crippen molar-refractivity contribution < 1.29 is 0 Å². The lowest BCUT2D eigenvalue weighted by Gasteiger charge is -2.37. The molecule has 2 aliphatic heterocycles. The molecule has 5 heteroatoms. The summed E-state index contributed by atoms with van der Waals surface area (Å²) < 4.78 is 0. The second-order valence-electron chi connectivity index (χ2n) is 9.40. The number of unbranched alkanes of at least 4 members (excludes halogenated alkanes) is 1. The molecule has 0 unspecified atom stereocenters. The summed E-state index contributed by atoms with van der Waals surface area (Å²) in [5, 5.41) is 0. The minimum absolute atomic E-state index is 0.588. The van der Waals surface area contributed by atoms with Crippen molar-refractivity contribution in [3.8, 4) is 0 Å². The Hall–Kier alpha value is -1.98. The first-order valence-corrected chi connectivity index (χ1v) is 12.7. The number of nitrogens with zero attached hydrogens (tertiary/aromatic N) is 5. The number of likely N-dealkylation sites (N-methyl/N-ethyl adjacent to an activating group) is 1. The average molecular weight is 438 g/mol. The van der Waals surface area contributed by atoms with Gasteiger partial charge < -0.3 is 9.80 Å². The molecule has 0 N–H and O–H groups in total. The number of hydrogen-bond acceptors (Lipinski definition) is 5. The Bertz CT molecular complexity index is 807. The van der Waals surface area contributed by atoms with Gasteiger partial charge in [0.2, 0.25) is 0 Å². The molecule has 3 heterocycles. The quantitative estimate of drug-likeness (QED) is 0.628. The van der Waals surface area contributed by atoms with Crippen molar-refractivity contribution in [2.45, 2.75) is 72.9 Å². The lowest BCUT2D eigenvalue weighted by Crippen LogP contribution is -2.47. The summed E-state index contributed by atoms with van der Waals surface area (Å²) in [5.74, 6) is 1.77. The molecule has 2 aliphatic rings. The van der Waals surface area contributed by atoms with Gasteiger partial charge in [-0.15, -0.1) is 0 Å². The largest absolute Gasteiger partial charge is 0.354 e. The van der Waals surface area contributed by atoms with E-state index in [9.17, 15) is 0 Å². The Morgan fingerprint density at radius 1 is 0.844 bits per heavy atom. The number of piperazine rings is 1. The SMILES string of the molecule is CCCC.CCN1CCN(c2ncnc3c2CCN(Cc2ccc(C(C)C)cc2)C3)CC1. The third-order valence-electron chi connectivity index (χ3n) is 6.73. The predicted molar refractivity (Wildman–Crippen MR) is 135 cm³/mol. The monoisotopic (exact) mass is 437 g/mol. The van der Waals surface area contributed by atoms with E-state index in [0.29, 0.717) is 5.92 Å². The summed E-state index contributed by atoms with van der Waals surface area (Å²) in [4.78, 5) is 16.8. The fourth-order valence-corrected chi connectivity index (χ4v) is 4.34. The van der Waals surface area contributed by atoms with Gasteiger partial charge >= 0.3 is 0 Å². The molecule has 1 saturated heterocycles. The van der Waals surface area contributed by atoms with Crippen LogP contribution in [-0.2, 0) is 19.5 Å². The molecule has 176 valence electrons. The molecule has 0 bridgehead atoms. The maximum atomic E-state index is 4.68. The zero-order valence-corrected chi connectivity index (χ0v) is 21.0. The van der Waals surface area contributed by atoms with Crippen molar-refractivity contribution in [1.82, 2.24) is 19.8 Å². The molecular formula is C27H43N5. The van der Waals surface area contributed by atoms with Crippen LogP contribution in [0.25, 0.3) is 0 Å². The summed E-state index contributed by atoms with van der Waals surface area (Å²) in [5.41, 5.74) is 5.39. The first-order valence-electron chi connectivity index (χ1n) is 12.7. The standard InChI is InChI=1S/C23H33N5.C4H10/c1-4-26-11-13-28(14-12-26)23-21-9-10-27(16-22(21)24-17-25-23)15-19-5-7-20(8-6-19)18(2)3;1-3-4-2/h5-8,17-18H,4,9-16H2,1-3H3;3-4H2,1-2H3. The van der Waals surface area contributed by atoms with E-state index in [2.05, 4.69) is 83.6 Å². The average Bonchev–Trinajstić information content (AvgIpc) is 2.84. The Kier molecular flexibility index (Phi) is 9.49. The molecule has 4 rings (SSSR count). The molecule has 32 heavy (non-hydrogen) atoms. The van der Waals surface area contributed by atoms with E-state index in [-0.39, 0.29) is 0 Å². The van der Waals surface area contributed by atoms with E-state index in [1.165, 1.54) is 41.0 Å². The van der Waals surface area contributed by atoms with Gasteiger partial charge in [0, 0.05) is 51.4 Å².